The van der Waals surface area contributed by atoms with Crippen LogP contribution in [-0.4, -0.2) is 30.3 Å². The molecule has 0 saturated carbocycles. The molecule has 5 nitrogen and oxygen atoms in total. The van der Waals surface area contributed by atoms with Crippen molar-refractivity contribution in [2.75, 3.05) is 14.2 Å². The highest BCUT2D eigenvalue weighted by molar-refractivity contribution is 7.13. The van der Waals surface area contributed by atoms with Crippen LogP contribution >= 0.6 is 11.3 Å². The minimum absolute atomic E-state index is 0.144. The third-order valence-corrected chi connectivity index (χ3v) is 4.99. The van der Waals surface area contributed by atoms with Gasteiger partial charge in [-0.2, -0.15) is 0 Å². The summed E-state index contributed by atoms with van der Waals surface area (Å²) in [5.41, 5.74) is 2.12. The number of carboxylic acids is 1. The zero-order chi connectivity index (χ0) is 20.1. The van der Waals surface area contributed by atoms with Crippen molar-refractivity contribution in [2.24, 2.45) is 0 Å². The standard InChI is InChI=1S/C21H18FNO4S/c1-26-16-9-3-13(11-17(16)27-2)4-10-19-23-21(18(28-19)12-20(24)25)14-5-7-15(22)8-6-14/h3-11H,12H2,1-2H3,(H,24,25)/b10-4+. The highest BCUT2D eigenvalue weighted by atomic mass is 32.1. The number of ether oxygens (including phenoxy) is 2. The average molecular weight is 399 g/mol. The summed E-state index contributed by atoms with van der Waals surface area (Å²) in [4.78, 5) is 16.4. The number of aliphatic carboxylic acids is 1. The Morgan fingerprint density at radius 2 is 1.82 bits per heavy atom. The predicted molar refractivity (Wildman–Crippen MR) is 107 cm³/mol. The molecular formula is C21H18FNO4S. The highest BCUT2D eigenvalue weighted by Crippen LogP contribution is 2.31. The van der Waals surface area contributed by atoms with Gasteiger partial charge in [-0.3, -0.25) is 4.79 Å². The van der Waals surface area contributed by atoms with Crippen LogP contribution in [0.25, 0.3) is 23.4 Å². The van der Waals surface area contributed by atoms with Crippen LogP contribution in [-0.2, 0) is 11.2 Å². The van der Waals surface area contributed by atoms with Crippen molar-refractivity contribution < 1.29 is 23.8 Å². The molecule has 0 radical (unpaired) electrons. The van der Waals surface area contributed by atoms with Crippen molar-refractivity contribution in [2.45, 2.75) is 6.42 Å². The van der Waals surface area contributed by atoms with E-state index in [-0.39, 0.29) is 12.2 Å². The Labute approximate surface area is 165 Å². The molecule has 1 N–H and O–H groups in total. The van der Waals surface area contributed by atoms with Gasteiger partial charge >= 0.3 is 5.97 Å². The lowest BCUT2D eigenvalue weighted by Gasteiger charge is -2.07. The smallest absolute Gasteiger partial charge is 0.308 e. The first-order valence-electron chi connectivity index (χ1n) is 8.37. The number of hydrogen-bond acceptors (Lipinski definition) is 5. The fourth-order valence-corrected chi connectivity index (χ4v) is 3.64. The second-order valence-electron chi connectivity index (χ2n) is 5.85. The molecule has 0 aliphatic heterocycles. The number of nitrogens with zero attached hydrogens (tertiary/aromatic N) is 1. The minimum atomic E-state index is -0.942. The van der Waals surface area contributed by atoms with E-state index in [1.165, 1.54) is 23.5 Å². The molecule has 0 spiro atoms. The number of hydrogen-bond donors (Lipinski definition) is 1. The molecular weight excluding hydrogens is 381 g/mol. The Morgan fingerprint density at radius 1 is 1.11 bits per heavy atom. The molecule has 3 aromatic rings. The molecule has 2 aromatic carbocycles. The summed E-state index contributed by atoms with van der Waals surface area (Å²) in [6.07, 6.45) is 3.53. The summed E-state index contributed by atoms with van der Waals surface area (Å²) in [6, 6.07) is 11.4. The zero-order valence-corrected chi connectivity index (χ0v) is 16.1. The van der Waals surface area contributed by atoms with Gasteiger partial charge in [0.1, 0.15) is 10.8 Å². The maximum atomic E-state index is 13.2. The molecule has 0 unspecified atom stereocenters. The van der Waals surface area contributed by atoms with E-state index in [4.69, 9.17) is 9.47 Å². The molecule has 1 heterocycles. The van der Waals surface area contributed by atoms with E-state index in [9.17, 15) is 14.3 Å². The lowest BCUT2D eigenvalue weighted by molar-refractivity contribution is -0.136. The van der Waals surface area contributed by atoms with Gasteiger partial charge in [0, 0.05) is 10.4 Å². The van der Waals surface area contributed by atoms with E-state index in [0.717, 1.165) is 5.56 Å². The van der Waals surface area contributed by atoms with Crippen molar-refractivity contribution in [3.8, 4) is 22.8 Å². The van der Waals surface area contributed by atoms with Gasteiger partial charge in [0.15, 0.2) is 11.5 Å². The Morgan fingerprint density at radius 3 is 2.46 bits per heavy atom. The normalized spacial score (nSPS) is 11.0. The Bertz CT molecular complexity index is 1010. The van der Waals surface area contributed by atoms with Gasteiger partial charge < -0.3 is 14.6 Å². The van der Waals surface area contributed by atoms with Crippen LogP contribution in [0.2, 0.25) is 0 Å². The first-order chi connectivity index (χ1) is 13.5. The third kappa shape index (κ3) is 4.55. The first kappa shape index (κ1) is 19.6. The molecule has 28 heavy (non-hydrogen) atoms. The van der Waals surface area contributed by atoms with Crippen LogP contribution < -0.4 is 9.47 Å². The summed E-state index contributed by atoms with van der Waals surface area (Å²) >= 11 is 1.30. The Kier molecular flexibility index (Phi) is 6.06. The van der Waals surface area contributed by atoms with E-state index in [1.54, 1.807) is 32.4 Å². The van der Waals surface area contributed by atoms with Crippen molar-refractivity contribution in [3.63, 3.8) is 0 Å². The van der Waals surface area contributed by atoms with Gasteiger partial charge in [-0.25, -0.2) is 9.37 Å². The molecule has 0 aliphatic rings. The molecule has 7 heteroatoms. The van der Waals surface area contributed by atoms with Crippen molar-refractivity contribution in [3.05, 3.63) is 63.7 Å². The zero-order valence-electron chi connectivity index (χ0n) is 15.3. The number of thiazole rings is 1. The second kappa shape index (κ2) is 8.67. The van der Waals surface area contributed by atoms with Crippen LogP contribution in [0.5, 0.6) is 11.5 Å². The summed E-state index contributed by atoms with van der Waals surface area (Å²) in [6.45, 7) is 0. The van der Waals surface area contributed by atoms with Gasteiger partial charge in [0.05, 0.1) is 26.3 Å². The van der Waals surface area contributed by atoms with Gasteiger partial charge in [-0.15, -0.1) is 11.3 Å². The lowest BCUT2D eigenvalue weighted by Crippen LogP contribution is -1.99. The molecule has 0 amide bonds. The van der Waals surface area contributed by atoms with E-state index >= 15 is 0 Å². The summed E-state index contributed by atoms with van der Waals surface area (Å²) in [7, 11) is 3.14. The van der Waals surface area contributed by atoms with Gasteiger partial charge in [0.2, 0.25) is 0 Å². The fraction of sp³-hybridized carbons (Fsp3) is 0.143. The molecule has 1 aromatic heterocycles. The van der Waals surface area contributed by atoms with E-state index in [2.05, 4.69) is 4.98 Å². The monoisotopic (exact) mass is 399 g/mol. The summed E-state index contributed by atoms with van der Waals surface area (Å²) in [5, 5.41) is 9.84. The summed E-state index contributed by atoms with van der Waals surface area (Å²) < 4.78 is 23.7. The number of methoxy groups -OCH3 is 2. The van der Waals surface area contributed by atoms with E-state index in [0.29, 0.717) is 32.6 Å². The fourth-order valence-electron chi connectivity index (χ4n) is 2.66. The quantitative estimate of drug-likeness (QED) is 0.620. The molecule has 0 atom stereocenters. The number of carbonyl (C=O) groups is 1. The third-order valence-electron chi connectivity index (χ3n) is 3.97. The Hall–Kier alpha value is -3.19. The Balaban J connectivity index is 1.93. The SMILES string of the molecule is COc1ccc(/C=C/c2nc(-c3ccc(F)cc3)c(CC(=O)O)s2)cc1OC. The molecule has 0 aliphatic carbocycles. The number of rotatable bonds is 7. The topological polar surface area (TPSA) is 68.7 Å². The largest absolute Gasteiger partial charge is 0.493 e. The molecule has 0 fully saturated rings. The van der Waals surface area contributed by atoms with Crippen LogP contribution in [0.3, 0.4) is 0 Å². The predicted octanol–water partition coefficient (Wildman–Crippen LogP) is 4.76. The van der Waals surface area contributed by atoms with E-state index < -0.39 is 5.97 Å². The van der Waals surface area contributed by atoms with Gasteiger partial charge in [0.25, 0.3) is 0 Å². The molecule has 0 saturated heterocycles. The van der Waals surface area contributed by atoms with Crippen LogP contribution in [0.1, 0.15) is 15.4 Å². The number of carboxylic acid groups (broad SMARTS) is 1. The number of benzene rings is 2. The number of halogens is 1. The van der Waals surface area contributed by atoms with Gasteiger partial charge in [-0.1, -0.05) is 12.1 Å². The van der Waals surface area contributed by atoms with Crippen LogP contribution in [0.15, 0.2) is 42.5 Å². The molecule has 3 rings (SSSR count). The number of aromatic nitrogens is 1. The first-order valence-corrected chi connectivity index (χ1v) is 9.19. The summed E-state index contributed by atoms with van der Waals surface area (Å²) in [5.74, 6) is -0.0478. The van der Waals surface area contributed by atoms with Crippen LogP contribution in [0, 0.1) is 5.82 Å². The average Bonchev–Trinajstić information content (AvgIpc) is 3.08. The van der Waals surface area contributed by atoms with E-state index in [1.807, 2.05) is 24.3 Å². The van der Waals surface area contributed by atoms with Crippen molar-refractivity contribution >= 4 is 29.5 Å². The van der Waals surface area contributed by atoms with Crippen molar-refractivity contribution in [1.82, 2.24) is 4.98 Å². The lowest BCUT2D eigenvalue weighted by atomic mass is 10.1. The maximum absolute atomic E-state index is 13.2. The highest BCUT2D eigenvalue weighted by Gasteiger charge is 2.15. The minimum Gasteiger partial charge on any atom is -0.493 e. The molecule has 0 bridgehead atoms. The maximum Gasteiger partial charge on any atom is 0.308 e. The second-order valence-corrected chi connectivity index (χ2v) is 6.96. The van der Waals surface area contributed by atoms with Crippen molar-refractivity contribution in [1.29, 1.82) is 0 Å². The molecule has 144 valence electrons. The van der Waals surface area contributed by atoms with Gasteiger partial charge in [-0.05, 0) is 48.0 Å². The van der Waals surface area contributed by atoms with Crippen LogP contribution in [0.4, 0.5) is 4.39 Å².